The number of aromatic nitrogens is 3. The molecule has 0 radical (unpaired) electrons. The molecule has 160 valence electrons. The van der Waals surface area contributed by atoms with Crippen molar-refractivity contribution in [2.45, 2.75) is 11.7 Å². The van der Waals surface area contributed by atoms with Gasteiger partial charge in [0.15, 0.2) is 11.0 Å². The van der Waals surface area contributed by atoms with Gasteiger partial charge in [0.1, 0.15) is 0 Å². The van der Waals surface area contributed by atoms with Gasteiger partial charge in [-0.3, -0.25) is 14.7 Å². The molecule has 3 rings (SSSR count). The van der Waals surface area contributed by atoms with Crippen molar-refractivity contribution in [3.63, 3.8) is 0 Å². The number of rotatable bonds is 8. The molecule has 0 unspecified atom stereocenters. The van der Waals surface area contributed by atoms with Crippen LogP contribution in [0.2, 0.25) is 10.0 Å². The lowest BCUT2D eigenvalue weighted by molar-refractivity contribution is -0.117. The molecule has 10 heteroatoms. The molecule has 31 heavy (non-hydrogen) atoms. The standard InChI is InChI=1S/C21H19Cl2N5O2S/c1-2-10-24-20(30)25-18(29)13-31-21-27-26-19(16-9-8-15(22)11-17(16)23)28(21)12-14-6-4-3-5-7-14/h2-9,11H,1,10,12-13H2,(H2,24,25,29,30). The Morgan fingerprint density at radius 3 is 2.61 bits per heavy atom. The van der Waals surface area contributed by atoms with E-state index in [9.17, 15) is 9.59 Å². The lowest BCUT2D eigenvalue weighted by atomic mass is 10.2. The number of hydrogen-bond donors (Lipinski definition) is 2. The molecular weight excluding hydrogens is 457 g/mol. The molecule has 7 nitrogen and oxygen atoms in total. The number of carbonyl (C=O) groups excluding carboxylic acids is 2. The third-order valence-corrected chi connectivity index (χ3v) is 5.58. The molecule has 1 aromatic heterocycles. The average molecular weight is 476 g/mol. The zero-order chi connectivity index (χ0) is 22.2. The van der Waals surface area contributed by atoms with E-state index in [0.29, 0.717) is 33.1 Å². The van der Waals surface area contributed by atoms with Crippen LogP contribution in [-0.2, 0) is 11.3 Å². The van der Waals surface area contributed by atoms with E-state index in [1.165, 1.54) is 17.8 Å². The van der Waals surface area contributed by atoms with Crippen molar-refractivity contribution in [2.24, 2.45) is 0 Å². The largest absolute Gasteiger partial charge is 0.334 e. The summed E-state index contributed by atoms with van der Waals surface area (Å²) in [7, 11) is 0. The number of halogens is 2. The lowest BCUT2D eigenvalue weighted by Crippen LogP contribution is -2.40. The number of thioether (sulfide) groups is 1. The predicted molar refractivity (Wildman–Crippen MR) is 123 cm³/mol. The highest BCUT2D eigenvalue weighted by molar-refractivity contribution is 7.99. The van der Waals surface area contributed by atoms with Crippen LogP contribution in [0.15, 0.2) is 66.3 Å². The maximum atomic E-state index is 12.1. The van der Waals surface area contributed by atoms with Gasteiger partial charge in [0, 0.05) is 17.1 Å². The monoisotopic (exact) mass is 475 g/mol. The molecule has 1 heterocycles. The van der Waals surface area contributed by atoms with Crippen LogP contribution in [-0.4, -0.2) is 39.0 Å². The van der Waals surface area contributed by atoms with Gasteiger partial charge in [-0.1, -0.05) is 71.4 Å². The molecule has 0 saturated heterocycles. The maximum absolute atomic E-state index is 12.1. The van der Waals surface area contributed by atoms with Gasteiger partial charge in [0.05, 0.1) is 17.3 Å². The van der Waals surface area contributed by atoms with Gasteiger partial charge in [-0.25, -0.2) is 4.79 Å². The van der Waals surface area contributed by atoms with Gasteiger partial charge in [-0.2, -0.15) is 0 Å². The van der Waals surface area contributed by atoms with E-state index in [1.54, 1.807) is 18.2 Å². The quantitative estimate of drug-likeness (QED) is 0.372. The minimum absolute atomic E-state index is 0.0111. The Kier molecular flexibility index (Phi) is 8.11. The molecular formula is C21H19Cl2N5O2S. The number of benzene rings is 2. The fourth-order valence-corrected chi connectivity index (χ4v) is 3.91. The summed E-state index contributed by atoms with van der Waals surface area (Å²) >= 11 is 13.6. The second-order valence-electron chi connectivity index (χ2n) is 6.34. The molecule has 3 amide bonds. The van der Waals surface area contributed by atoms with Gasteiger partial charge >= 0.3 is 6.03 Å². The summed E-state index contributed by atoms with van der Waals surface area (Å²) in [6.07, 6.45) is 1.52. The Hall–Kier alpha value is -2.81. The predicted octanol–water partition coefficient (Wildman–Crippen LogP) is 4.40. The number of nitrogens with one attached hydrogen (secondary N) is 2. The van der Waals surface area contributed by atoms with Crippen LogP contribution < -0.4 is 10.6 Å². The van der Waals surface area contributed by atoms with Crippen molar-refractivity contribution < 1.29 is 9.59 Å². The van der Waals surface area contributed by atoms with Crippen molar-refractivity contribution in [1.29, 1.82) is 0 Å². The Morgan fingerprint density at radius 1 is 1.13 bits per heavy atom. The first-order valence-electron chi connectivity index (χ1n) is 9.22. The molecule has 0 fully saturated rings. The minimum atomic E-state index is -0.579. The molecule has 0 bridgehead atoms. The van der Waals surface area contributed by atoms with Crippen LogP contribution in [0, 0.1) is 0 Å². The van der Waals surface area contributed by atoms with Crippen LogP contribution in [0.5, 0.6) is 0 Å². The normalized spacial score (nSPS) is 10.5. The van der Waals surface area contributed by atoms with Crippen LogP contribution in [0.4, 0.5) is 4.79 Å². The average Bonchev–Trinajstić information content (AvgIpc) is 3.13. The van der Waals surface area contributed by atoms with Crippen LogP contribution in [0.25, 0.3) is 11.4 Å². The summed E-state index contributed by atoms with van der Waals surface area (Å²) in [5.41, 5.74) is 1.71. The van der Waals surface area contributed by atoms with E-state index in [-0.39, 0.29) is 12.3 Å². The van der Waals surface area contributed by atoms with Crippen molar-refractivity contribution in [3.05, 3.63) is 76.8 Å². The number of carbonyl (C=O) groups is 2. The van der Waals surface area contributed by atoms with Crippen LogP contribution >= 0.6 is 35.0 Å². The fraction of sp³-hybridized carbons (Fsp3) is 0.143. The van der Waals surface area contributed by atoms with E-state index < -0.39 is 11.9 Å². The SMILES string of the molecule is C=CCNC(=O)NC(=O)CSc1nnc(-c2ccc(Cl)cc2Cl)n1Cc1ccccc1. The van der Waals surface area contributed by atoms with Crippen molar-refractivity contribution in [1.82, 2.24) is 25.4 Å². The van der Waals surface area contributed by atoms with Gasteiger partial charge in [-0.05, 0) is 23.8 Å². The van der Waals surface area contributed by atoms with Crippen molar-refractivity contribution >= 4 is 46.9 Å². The van der Waals surface area contributed by atoms with Gasteiger partial charge in [-0.15, -0.1) is 16.8 Å². The van der Waals surface area contributed by atoms with Crippen molar-refractivity contribution in [3.8, 4) is 11.4 Å². The molecule has 0 saturated carbocycles. The lowest BCUT2D eigenvalue weighted by Gasteiger charge is -2.11. The Bertz CT molecular complexity index is 1090. The molecule has 2 N–H and O–H groups in total. The summed E-state index contributed by atoms with van der Waals surface area (Å²) in [5.74, 6) is 0.0898. The van der Waals surface area contributed by atoms with Crippen LogP contribution in [0.1, 0.15) is 5.56 Å². The summed E-state index contributed by atoms with van der Waals surface area (Å²) in [4.78, 5) is 23.7. The molecule has 0 atom stereocenters. The van der Waals surface area contributed by atoms with Gasteiger partial charge < -0.3 is 5.32 Å². The smallest absolute Gasteiger partial charge is 0.321 e. The number of urea groups is 1. The number of hydrogen-bond acceptors (Lipinski definition) is 5. The van der Waals surface area contributed by atoms with E-state index in [2.05, 4.69) is 27.4 Å². The first kappa shape index (κ1) is 22.9. The fourth-order valence-electron chi connectivity index (χ4n) is 2.68. The van der Waals surface area contributed by atoms with E-state index in [0.717, 1.165) is 5.56 Å². The Balaban J connectivity index is 1.83. The zero-order valence-electron chi connectivity index (χ0n) is 16.3. The number of imide groups is 1. The summed E-state index contributed by atoms with van der Waals surface area (Å²) in [6, 6.07) is 14.4. The molecule has 0 spiro atoms. The van der Waals surface area contributed by atoms with Gasteiger partial charge in [0.2, 0.25) is 5.91 Å². The number of amides is 3. The summed E-state index contributed by atoms with van der Waals surface area (Å²) < 4.78 is 1.88. The molecule has 3 aromatic rings. The molecule has 0 aliphatic carbocycles. The highest BCUT2D eigenvalue weighted by Gasteiger charge is 2.18. The van der Waals surface area contributed by atoms with Crippen molar-refractivity contribution in [2.75, 3.05) is 12.3 Å². The van der Waals surface area contributed by atoms with E-state index >= 15 is 0 Å². The van der Waals surface area contributed by atoms with Gasteiger partial charge in [0.25, 0.3) is 0 Å². The minimum Gasteiger partial charge on any atom is -0.334 e. The molecule has 2 aromatic carbocycles. The first-order chi connectivity index (χ1) is 15.0. The molecule has 0 aliphatic heterocycles. The van der Waals surface area contributed by atoms with E-state index in [1.807, 2.05) is 34.9 Å². The maximum Gasteiger partial charge on any atom is 0.321 e. The second-order valence-corrected chi connectivity index (χ2v) is 8.12. The third-order valence-electron chi connectivity index (χ3n) is 4.06. The first-order valence-corrected chi connectivity index (χ1v) is 11.0. The summed E-state index contributed by atoms with van der Waals surface area (Å²) in [5, 5.41) is 14.8. The number of nitrogens with zero attached hydrogens (tertiary/aromatic N) is 3. The molecule has 0 aliphatic rings. The Labute approximate surface area is 193 Å². The highest BCUT2D eigenvalue weighted by Crippen LogP contribution is 2.32. The zero-order valence-corrected chi connectivity index (χ0v) is 18.7. The Morgan fingerprint density at radius 2 is 1.90 bits per heavy atom. The topological polar surface area (TPSA) is 88.9 Å². The summed E-state index contributed by atoms with van der Waals surface area (Å²) in [6.45, 7) is 4.25. The van der Waals surface area contributed by atoms with Crippen LogP contribution in [0.3, 0.4) is 0 Å². The highest BCUT2D eigenvalue weighted by atomic mass is 35.5. The van der Waals surface area contributed by atoms with E-state index in [4.69, 9.17) is 23.2 Å². The second kappa shape index (κ2) is 11.0. The third kappa shape index (κ3) is 6.33.